The van der Waals surface area contributed by atoms with E-state index >= 15 is 0 Å². The Bertz CT molecular complexity index is 770. The Labute approximate surface area is 126 Å². The lowest BCUT2D eigenvalue weighted by atomic mass is 10.0. The van der Waals surface area contributed by atoms with E-state index in [-0.39, 0.29) is 0 Å². The molecule has 1 heterocycles. The highest BCUT2D eigenvalue weighted by atomic mass is 32.2. The minimum Gasteiger partial charge on any atom is -0.279 e. The molecule has 0 unspecified atom stereocenters. The highest BCUT2D eigenvalue weighted by Gasteiger charge is 2.22. The molecule has 1 N–H and O–H groups in total. The molecule has 0 fully saturated rings. The maximum atomic E-state index is 12.7. The lowest BCUT2D eigenvalue weighted by molar-refractivity contribution is 0.599. The van der Waals surface area contributed by atoms with E-state index in [4.69, 9.17) is 0 Å². The number of hydrogen-bond donors (Lipinski definition) is 1. The third kappa shape index (κ3) is 3.08. The van der Waals surface area contributed by atoms with Gasteiger partial charge in [0.05, 0.1) is 10.6 Å². The first-order valence-electron chi connectivity index (χ1n) is 6.75. The van der Waals surface area contributed by atoms with Gasteiger partial charge in [0.25, 0.3) is 10.0 Å². The Kier molecular flexibility index (Phi) is 4.05. The van der Waals surface area contributed by atoms with Crippen molar-refractivity contribution < 1.29 is 8.42 Å². The van der Waals surface area contributed by atoms with Crippen molar-refractivity contribution in [2.45, 2.75) is 39.5 Å². The van der Waals surface area contributed by atoms with Crippen LogP contribution in [0.2, 0.25) is 0 Å². The summed E-state index contributed by atoms with van der Waals surface area (Å²) in [5.74, 6) is 0. The normalized spacial score (nSPS) is 11.5. The Balaban J connectivity index is 2.55. The molecule has 0 aliphatic heterocycles. The molecule has 0 saturated heterocycles. The van der Waals surface area contributed by atoms with Gasteiger partial charge in [0.15, 0.2) is 0 Å². The summed E-state index contributed by atoms with van der Waals surface area (Å²) in [6.45, 7) is 9.36. The van der Waals surface area contributed by atoms with E-state index in [1.54, 1.807) is 18.3 Å². The van der Waals surface area contributed by atoms with Crippen LogP contribution in [0.4, 0.5) is 5.69 Å². The van der Waals surface area contributed by atoms with Gasteiger partial charge in [-0.05, 0) is 69.0 Å². The Hall–Kier alpha value is -1.88. The highest BCUT2D eigenvalue weighted by Crippen LogP contribution is 2.27. The van der Waals surface area contributed by atoms with Gasteiger partial charge in [0.1, 0.15) is 0 Å². The zero-order valence-electron chi connectivity index (χ0n) is 13.0. The maximum Gasteiger partial charge on any atom is 0.262 e. The van der Waals surface area contributed by atoms with Crippen LogP contribution in [0.1, 0.15) is 27.9 Å². The molecule has 1 aromatic heterocycles. The molecule has 5 heteroatoms. The number of aryl methyl sites for hydroxylation is 3. The second-order valence-electron chi connectivity index (χ2n) is 5.38. The molecule has 0 spiro atoms. The van der Waals surface area contributed by atoms with Gasteiger partial charge >= 0.3 is 0 Å². The van der Waals surface area contributed by atoms with Gasteiger partial charge in [0.2, 0.25) is 0 Å². The Morgan fingerprint density at radius 1 is 0.952 bits per heavy atom. The minimum absolute atomic E-state index is 0.370. The molecule has 4 nitrogen and oxygen atoms in total. The van der Waals surface area contributed by atoms with Crippen molar-refractivity contribution >= 4 is 15.7 Å². The number of benzene rings is 1. The van der Waals surface area contributed by atoms with Crippen LogP contribution in [0.5, 0.6) is 0 Å². The predicted octanol–water partition coefficient (Wildman–Crippen LogP) is 3.42. The molecule has 0 atom stereocenters. The topological polar surface area (TPSA) is 59.1 Å². The van der Waals surface area contributed by atoms with E-state index in [1.165, 1.54) is 0 Å². The molecule has 2 aromatic rings. The highest BCUT2D eigenvalue weighted by molar-refractivity contribution is 7.92. The number of aromatic nitrogens is 1. The molecule has 112 valence electrons. The van der Waals surface area contributed by atoms with E-state index in [2.05, 4.69) is 9.71 Å². The zero-order chi connectivity index (χ0) is 15.8. The van der Waals surface area contributed by atoms with Gasteiger partial charge in [-0.1, -0.05) is 6.07 Å². The first-order valence-corrected chi connectivity index (χ1v) is 8.23. The SMILES string of the molecule is Cc1cc(NS(=O)(=O)c2c(C)c(C)cc(C)c2C)ccn1. The van der Waals surface area contributed by atoms with Crippen LogP contribution in [0.15, 0.2) is 29.3 Å². The third-order valence-corrected chi connectivity index (χ3v) is 5.37. The monoisotopic (exact) mass is 304 g/mol. The summed E-state index contributed by atoms with van der Waals surface area (Å²) in [4.78, 5) is 4.44. The fraction of sp³-hybridized carbons (Fsp3) is 0.312. The first kappa shape index (κ1) is 15.5. The molecule has 0 bridgehead atoms. The second-order valence-corrected chi connectivity index (χ2v) is 7.00. The molecule has 2 rings (SSSR count). The van der Waals surface area contributed by atoms with Crippen molar-refractivity contribution in [3.05, 3.63) is 52.3 Å². The summed E-state index contributed by atoms with van der Waals surface area (Å²) in [6, 6.07) is 5.38. The van der Waals surface area contributed by atoms with Crippen LogP contribution in [0.25, 0.3) is 0 Å². The Morgan fingerprint density at radius 2 is 1.52 bits per heavy atom. The Morgan fingerprint density at radius 3 is 2.05 bits per heavy atom. The van der Waals surface area contributed by atoms with Crippen molar-refractivity contribution in [3.63, 3.8) is 0 Å². The molecule has 21 heavy (non-hydrogen) atoms. The molecule has 0 aliphatic carbocycles. The van der Waals surface area contributed by atoms with Gasteiger partial charge in [-0.3, -0.25) is 9.71 Å². The third-order valence-electron chi connectivity index (χ3n) is 3.71. The van der Waals surface area contributed by atoms with Crippen molar-refractivity contribution in [2.24, 2.45) is 0 Å². The largest absolute Gasteiger partial charge is 0.279 e. The van der Waals surface area contributed by atoms with E-state index in [1.807, 2.05) is 40.7 Å². The van der Waals surface area contributed by atoms with E-state index in [0.29, 0.717) is 10.6 Å². The van der Waals surface area contributed by atoms with Gasteiger partial charge in [0, 0.05) is 11.9 Å². The number of pyridine rings is 1. The quantitative estimate of drug-likeness (QED) is 0.945. The summed E-state index contributed by atoms with van der Waals surface area (Å²) >= 11 is 0. The van der Waals surface area contributed by atoms with Crippen LogP contribution >= 0.6 is 0 Å². The summed E-state index contributed by atoms with van der Waals surface area (Å²) in [5, 5.41) is 0. The minimum atomic E-state index is -3.61. The van der Waals surface area contributed by atoms with E-state index in [9.17, 15) is 8.42 Å². The molecular weight excluding hydrogens is 284 g/mol. The fourth-order valence-corrected chi connectivity index (χ4v) is 4.07. The predicted molar refractivity (Wildman–Crippen MR) is 85.2 cm³/mol. The standard InChI is InChI=1S/C16H20N2O2S/c1-10-8-11(2)14(5)16(13(10)4)21(19,20)18-15-6-7-17-12(3)9-15/h6-9H,1-5H3,(H,17,18). The number of sulfonamides is 1. The fourth-order valence-electron chi connectivity index (χ4n) is 2.40. The number of nitrogens with zero attached hydrogens (tertiary/aromatic N) is 1. The summed E-state index contributed by atoms with van der Waals surface area (Å²) in [6.07, 6.45) is 1.59. The van der Waals surface area contributed by atoms with Crippen molar-refractivity contribution in [3.8, 4) is 0 Å². The van der Waals surface area contributed by atoms with Crippen molar-refractivity contribution in [1.82, 2.24) is 4.98 Å². The lowest BCUT2D eigenvalue weighted by Gasteiger charge is -2.16. The van der Waals surface area contributed by atoms with Crippen LogP contribution in [-0.4, -0.2) is 13.4 Å². The second kappa shape index (κ2) is 5.48. The van der Waals surface area contributed by atoms with Crippen molar-refractivity contribution in [1.29, 1.82) is 0 Å². The number of anilines is 1. The van der Waals surface area contributed by atoms with Crippen molar-refractivity contribution in [2.75, 3.05) is 4.72 Å². The summed E-state index contributed by atoms with van der Waals surface area (Å²) in [5.41, 5.74) is 4.83. The van der Waals surface area contributed by atoms with E-state index < -0.39 is 10.0 Å². The van der Waals surface area contributed by atoms with Gasteiger partial charge in [-0.2, -0.15) is 0 Å². The zero-order valence-corrected chi connectivity index (χ0v) is 13.8. The number of nitrogens with one attached hydrogen (secondary N) is 1. The first-order chi connectivity index (χ1) is 9.72. The van der Waals surface area contributed by atoms with Crippen LogP contribution < -0.4 is 4.72 Å². The molecule has 0 radical (unpaired) electrons. The van der Waals surface area contributed by atoms with Crippen LogP contribution in [0, 0.1) is 34.6 Å². The molecule has 0 saturated carbocycles. The maximum absolute atomic E-state index is 12.7. The molecule has 1 aromatic carbocycles. The molecule has 0 aliphatic rings. The van der Waals surface area contributed by atoms with E-state index in [0.717, 1.165) is 27.9 Å². The number of hydrogen-bond acceptors (Lipinski definition) is 3. The number of rotatable bonds is 3. The average molecular weight is 304 g/mol. The molecular formula is C16H20N2O2S. The average Bonchev–Trinajstić information content (AvgIpc) is 2.35. The van der Waals surface area contributed by atoms with Gasteiger partial charge in [-0.25, -0.2) is 8.42 Å². The van der Waals surface area contributed by atoms with Gasteiger partial charge < -0.3 is 0 Å². The summed E-state index contributed by atoms with van der Waals surface area (Å²) < 4.78 is 28.1. The molecule has 0 amide bonds. The van der Waals surface area contributed by atoms with Crippen LogP contribution in [0.3, 0.4) is 0 Å². The lowest BCUT2D eigenvalue weighted by Crippen LogP contribution is -2.17. The summed E-state index contributed by atoms with van der Waals surface area (Å²) in [7, 11) is -3.61. The van der Waals surface area contributed by atoms with Gasteiger partial charge in [-0.15, -0.1) is 0 Å². The van der Waals surface area contributed by atoms with Crippen LogP contribution in [-0.2, 0) is 10.0 Å². The smallest absolute Gasteiger partial charge is 0.262 e.